The number of ether oxygens (including phenoxy) is 1. The van der Waals surface area contributed by atoms with Crippen LogP contribution in [0.2, 0.25) is 0 Å². The Hall–Kier alpha value is -1.24. The van der Waals surface area contributed by atoms with Crippen molar-refractivity contribution in [2.75, 3.05) is 26.3 Å². The monoisotopic (exact) mass is 164 g/mol. The molecular formula is C4H8N2O5. The quantitative estimate of drug-likeness (QED) is 0.301. The molecule has 11 heavy (non-hydrogen) atoms. The minimum Gasteiger partial charge on any atom is -0.368 e. The maximum absolute atomic E-state index is 9.69. The fourth-order valence-electron chi connectivity index (χ4n) is 0.380. The van der Waals surface area contributed by atoms with Gasteiger partial charge in [-0.05, 0) is 0 Å². The molecule has 0 aliphatic heterocycles. The average Bonchev–Trinajstić information content (AvgIpc) is 1.85. The molecule has 0 rings (SSSR count). The Balaban J connectivity index is 3.03. The van der Waals surface area contributed by atoms with Crippen molar-refractivity contribution in [2.24, 2.45) is 0 Å². The first-order valence-electron chi connectivity index (χ1n) is 2.94. The molecule has 7 heteroatoms. The summed E-state index contributed by atoms with van der Waals surface area (Å²) >= 11 is 0. The molecule has 0 aromatic rings. The van der Waals surface area contributed by atoms with E-state index in [9.17, 15) is 20.2 Å². The van der Waals surface area contributed by atoms with E-state index in [2.05, 4.69) is 4.74 Å². The largest absolute Gasteiger partial charge is 0.368 e. The van der Waals surface area contributed by atoms with Gasteiger partial charge in [-0.25, -0.2) is 0 Å². The van der Waals surface area contributed by atoms with Gasteiger partial charge in [-0.2, -0.15) is 0 Å². The number of rotatable bonds is 6. The Bertz CT molecular complexity index is 131. The summed E-state index contributed by atoms with van der Waals surface area (Å²) < 4.78 is 4.57. The van der Waals surface area contributed by atoms with Crippen molar-refractivity contribution >= 4 is 0 Å². The second-order valence-corrected chi connectivity index (χ2v) is 1.73. The zero-order valence-corrected chi connectivity index (χ0v) is 5.76. The van der Waals surface area contributed by atoms with Gasteiger partial charge in [0.05, 0.1) is 0 Å². The predicted molar refractivity (Wildman–Crippen MR) is 34.5 cm³/mol. The fourth-order valence-corrected chi connectivity index (χ4v) is 0.380. The van der Waals surface area contributed by atoms with Crippen molar-refractivity contribution in [1.29, 1.82) is 0 Å². The Morgan fingerprint density at radius 2 is 1.36 bits per heavy atom. The summed E-state index contributed by atoms with van der Waals surface area (Å²) in [5.74, 6) is 0. The van der Waals surface area contributed by atoms with Crippen LogP contribution >= 0.6 is 0 Å². The van der Waals surface area contributed by atoms with Crippen LogP contribution in [-0.2, 0) is 4.74 Å². The maximum Gasteiger partial charge on any atom is 0.226 e. The van der Waals surface area contributed by atoms with Crippen LogP contribution in [-0.4, -0.2) is 36.1 Å². The van der Waals surface area contributed by atoms with E-state index in [1.807, 2.05) is 0 Å². The molecule has 7 nitrogen and oxygen atoms in total. The van der Waals surface area contributed by atoms with Crippen LogP contribution in [0.1, 0.15) is 0 Å². The van der Waals surface area contributed by atoms with E-state index < -0.39 is 9.85 Å². The summed E-state index contributed by atoms with van der Waals surface area (Å²) in [4.78, 5) is 18.3. The van der Waals surface area contributed by atoms with Crippen LogP contribution in [0.5, 0.6) is 0 Å². The van der Waals surface area contributed by atoms with E-state index in [1.165, 1.54) is 0 Å². The SMILES string of the molecule is O=[N+]([O-])CCOCC[N+](=O)[O-]. The topological polar surface area (TPSA) is 95.5 Å². The zero-order chi connectivity index (χ0) is 8.69. The van der Waals surface area contributed by atoms with Crippen molar-refractivity contribution in [2.45, 2.75) is 0 Å². The van der Waals surface area contributed by atoms with Crippen molar-refractivity contribution in [1.82, 2.24) is 0 Å². The molecule has 0 aromatic heterocycles. The number of hydrogen-bond donors (Lipinski definition) is 0. The molecule has 0 saturated carbocycles. The van der Waals surface area contributed by atoms with Crippen LogP contribution < -0.4 is 0 Å². The minimum absolute atomic E-state index is 0.0686. The molecule has 0 heterocycles. The van der Waals surface area contributed by atoms with E-state index in [0.29, 0.717) is 0 Å². The van der Waals surface area contributed by atoms with Gasteiger partial charge in [-0.1, -0.05) is 0 Å². The van der Waals surface area contributed by atoms with Gasteiger partial charge < -0.3 is 4.74 Å². The summed E-state index contributed by atoms with van der Waals surface area (Å²) in [6.45, 7) is -0.753. The lowest BCUT2D eigenvalue weighted by Crippen LogP contribution is -2.14. The highest BCUT2D eigenvalue weighted by molar-refractivity contribution is 4.29. The molecule has 0 saturated heterocycles. The summed E-state index contributed by atoms with van der Waals surface area (Å²) in [6, 6.07) is 0. The molecule has 0 radical (unpaired) electrons. The lowest BCUT2D eigenvalue weighted by Gasteiger charge is -1.95. The van der Waals surface area contributed by atoms with Gasteiger partial charge in [0.15, 0.2) is 0 Å². The third-order valence-electron chi connectivity index (χ3n) is 0.836. The fraction of sp³-hybridized carbons (Fsp3) is 1.00. The molecule has 0 unspecified atom stereocenters. The Labute approximate surface area is 62.3 Å². The van der Waals surface area contributed by atoms with Gasteiger partial charge in [0, 0.05) is 9.85 Å². The highest BCUT2D eigenvalue weighted by atomic mass is 16.6. The summed E-state index contributed by atoms with van der Waals surface area (Å²) in [7, 11) is 0. The molecule has 0 spiro atoms. The smallest absolute Gasteiger partial charge is 0.226 e. The van der Waals surface area contributed by atoms with Gasteiger partial charge in [-0.15, -0.1) is 0 Å². The third-order valence-corrected chi connectivity index (χ3v) is 0.836. The molecular weight excluding hydrogens is 156 g/mol. The lowest BCUT2D eigenvalue weighted by atomic mass is 10.7. The van der Waals surface area contributed by atoms with Gasteiger partial charge >= 0.3 is 0 Å². The minimum atomic E-state index is -0.536. The van der Waals surface area contributed by atoms with Crippen LogP contribution in [0.4, 0.5) is 0 Å². The van der Waals surface area contributed by atoms with Gasteiger partial charge in [0.1, 0.15) is 13.2 Å². The summed E-state index contributed by atoms with van der Waals surface area (Å²) in [5.41, 5.74) is 0. The second kappa shape index (κ2) is 5.54. The Morgan fingerprint density at radius 1 is 1.00 bits per heavy atom. The molecule has 0 atom stereocenters. The summed E-state index contributed by atoms with van der Waals surface area (Å²) in [6.07, 6.45) is 0. The number of nitrogens with zero attached hydrogens (tertiary/aromatic N) is 2. The van der Waals surface area contributed by atoms with E-state index in [0.717, 1.165) is 0 Å². The van der Waals surface area contributed by atoms with Gasteiger partial charge in [-0.3, -0.25) is 20.2 Å². The van der Waals surface area contributed by atoms with Crippen molar-refractivity contribution < 1.29 is 14.6 Å². The van der Waals surface area contributed by atoms with Crippen LogP contribution in [0.3, 0.4) is 0 Å². The number of hydrogen-bond acceptors (Lipinski definition) is 5. The van der Waals surface area contributed by atoms with E-state index >= 15 is 0 Å². The van der Waals surface area contributed by atoms with Crippen LogP contribution in [0, 0.1) is 20.2 Å². The third kappa shape index (κ3) is 8.76. The standard InChI is InChI=1S/C4H8N2O5/c7-5(8)1-3-11-4-2-6(9)10/h1-4H2. The Morgan fingerprint density at radius 3 is 1.64 bits per heavy atom. The Kier molecular flexibility index (Phi) is 4.91. The molecule has 0 aliphatic carbocycles. The lowest BCUT2D eigenvalue weighted by molar-refractivity contribution is -0.493. The van der Waals surface area contributed by atoms with Crippen molar-refractivity contribution in [3.63, 3.8) is 0 Å². The highest BCUT2D eigenvalue weighted by Crippen LogP contribution is 1.77. The van der Waals surface area contributed by atoms with E-state index in [1.54, 1.807) is 0 Å². The van der Waals surface area contributed by atoms with Crippen molar-refractivity contribution in [3.05, 3.63) is 20.2 Å². The van der Waals surface area contributed by atoms with Gasteiger partial charge in [0.25, 0.3) is 0 Å². The normalized spacial score (nSPS) is 9.45. The van der Waals surface area contributed by atoms with E-state index in [-0.39, 0.29) is 26.3 Å². The van der Waals surface area contributed by atoms with Crippen LogP contribution in [0.15, 0.2) is 0 Å². The zero-order valence-electron chi connectivity index (χ0n) is 5.76. The number of nitro groups is 2. The average molecular weight is 164 g/mol. The van der Waals surface area contributed by atoms with E-state index in [4.69, 9.17) is 0 Å². The molecule has 0 N–H and O–H groups in total. The first kappa shape index (κ1) is 9.76. The van der Waals surface area contributed by atoms with Crippen LogP contribution in [0.25, 0.3) is 0 Å². The molecule has 0 aliphatic rings. The molecule has 0 aromatic carbocycles. The predicted octanol–water partition coefficient (Wildman–Crippen LogP) is -0.444. The van der Waals surface area contributed by atoms with Crippen molar-refractivity contribution in [3.8, 4) is 0 Å². The first-order valence-corrected chi connectivity index (χ1v) is 2.94. The molecule has 0 bridgehead atoms. The summed E-state index contributed by atoms with van der Waals surface area (Å²) in [5, 5.41) is 19.4. The molecule has 64 valence electrons. The maximum atomic E-state index is 9.69. The van der Waals surface area contributed by atoms with Gasteiger partial charge in [0.2, 0.25) is 13.1 Å². The first-order chi connectivity index (χ1) is 5.13. The second-order valence-electron chi connectivity index (χ2n) is 1.73. The molecule has 0 fully saturated rings. The molecule has 0 amide bonds. The highest BCUT2D eigenvalue weighted by Gasteiger charge is 1.99.